The summed E-state index contributed by atoms with van der Waals surface area (Å²) in [5.41, 5.74) is 0. The van der Waals surface area contributed by atoms with E-state index in [1.807, 2.05) is 13.8 Å². The van der Waals surface area contributed by atoms with Gasteiger partial charge in [0.1, 0.15) is 18.3 Å². The number of fused-ring (bicyclic) bond motifs is 1. The average molecular weight is 358 g/mol. The molecule has 144 valence electrons. The predicted molar refractivity (Wildman–Crippen MR) is 89.0 cm³/mol. The Bertz CT molecular complexity index is 453. The summed E-state index contributed by atoms with van der Waals surface area (Å²) in [6, 6.07) is 0. The lowest BCUT2D eigenvalue weighted by Crippen LogP contribution is -2.35. The number of rotatable bonds is 9. The van der Waals surface area contributed by atoms with Gasteiger partial charge in [0.25, 0.3) is 0 Å². The van der Waals surface area contributed by atoms with Crippen molar-refractivity contribution in [3.8, 4) is 0 Å². The highest BCUT2D eigenvalue weighted by atomic mass is 16.6. The molecule has 0 amide bonds. The first kappa shape index (κ1) is 20.1. The highest BCUT2D eigenvalue weighted by Crippen LogP contribution is 2.32. The van der Waals surface area contributed by atoms with Gasteiger partial charge in [-0.05, 0) is 11.8 Å². The summed E-state index contributed by atoms with van der Waals surface area (Å²) in [5, 5.41) is 0. The van der Waals surface area contributed by atoms with Crippen LogP contribution < -0.4 is 0 Å². The van der Waals surface area contributed by atoms with Gasteiger partial charge in [0, 0.05) is 20.0 Å². The Morgan fingerprint density at radius 3 is 1.96 bits per heavy atom. The molecule has 2 aliphatic rings. The molecule has 2 fully saturated rings. The van der Waals surface area contributed by atoms with Crippen molar-refractivity contribution in [1.29, 1.82) is 0 Å². The average Bonchev–Trinajstić information content (AvgIpc) is 3.20. The van der Waals surface area contributed by atoms with E-state index in [4.69, 9.17) is 23.7 Å². The first-order valence-electron chi connectivity index (χ1n) is 9.06. The van der Waals surface area contributed by atoms with Crippen LogP contribution >= 0.6 is 0 Å². The van der Waals surface area contributed by atoms with Crippen LogP contribution in [0.25, 0.3) is 0 Å². The predicted octanol–water partition coefficient (Wildman–Crippen LogP) is 1.72. The minimum Gasteiger partial charge on any atom is -0.469 e. The van der Waals surface area contributed by atoms with Crippen molar-refractivity contribution in [2.75, 3.05) is 27.4 Å². The molecule has 0 saturated carbocycles. The summed E-state index contributed by atoms with van der Waals surface area (Å²) in [6.45, 7) is 4.83. The van der Waals surface area contributed by atoms with Gasteiger partial charge in [0.2, 0.25) is 0 Å². The fourth-order valence-corrected chi connectivity index (χ4v) is 3.75. The van der Waals surface area contributed by atoms with Crippen LogP contribution in [0.1, 0.15) is 39.5 Å². The zero-order chi connectivity index (χ0) is 18.4. The minimum atomic E-state index is -0.393. The molecule has 7 nitrogen and oxygen atoms in total. The van der Waals surface area contributed by atoms with Crippen LogP contribution in [-0.2, 0) is 33.3 Å². The molecule has 0 aromatic carbocycles. The molecule has 2 aliphatic heterocycles. The van der Waals surface area contributed by atoms with Crippen molar-refractivity contribution < 1.29 is 33.3 Å². The van der Waals surface area contributed by atoms with E-state index in [-0.39, 0.29) is 48.5 Å². The first-order valence-corrected chi connectivity index (χ1v) is 9.06. The number of carbonyl (C=O) groups is 2. The van der Waals surface area contributed by atoms with Crippen molar-refractivity contribution in [2.24, 2.45) is 11.8 Å². The van der Waals surface area contributed by atoms with Crippen molar-refractivity contribution in [3.63, 3.8) is 0 Å². The fraction of sp³-hybridized carbons (Fsp3) is 0.889. The van der Waals surface area contributed by atoms with Gasteiger partial charge in [-0.15, -0.1) is 0 Å². The monoisotopic (exact) mass is 358 g/mol. The van der Waals surface area contributed by atoms with Crippen molar-refractivity contribution in [2.45, 2.75) is 63.9 Å². The number of hydrogen-bond acceptors (Lipinski definition) is 7. The molecule has 6 atom stereocenters. The van der Waals surface area contributed by atoms with Crippen LogP contribution in [0.2, 0.25) is 0 Å². The molecule has 0 aromatic heterocycles. The second-order valence-electron chi connectivity index (χ2n) is 6.72. The highest BCUT2D eigenvalue weighted by molar-refractivity contribution is 5.71. The lowest BCUT2D eigenvalue weighted by molar-refractivity contribution is -0.156. The lowest BCUT2D eigenvalue weighted by Gasteiger charge is -2.24. The zero-order valence-corrected chi connectivity index (χ0v) is 15.6. The molecular weight excluding hydrogens is 328 g/mol. The molecular formula is C18H30O7. The van der Waals surface area contributed by atoms with Gasteiger partial charge < -0.3 is 23.7 Å². The molecule has 0 bridgehead atoms. The second-order valence-corrected chi connectivity index (χ2v) is 6.72. The standard InChI is InChI=1S/C18H30O7/c1-5-11(7-15(19)22-4)12(6-2)8-16(20)25-14-10-24-17-13(21-3)9-23-18(14)17/h11-14,17-18H,5-10H2,1-4H3/t11?,12?,13?,14?,17-,18-/m1/s1. The van der Waals surface area contributed by atoms with Crippen LogP contribution in [-0.4, -0.2) is 63.8 Å². The van der Waals surface area contributed by atoms with E-state index in [2.05, 4.69) is 0 Å². The highest BCUT2D eigenvalue weighted by Gasteiger charge is 2.49. The molecule has 4 unspecified atom stereocenters. The summed E-state index contributed by atoms with van der Waals surface area (Å²) in [5.74, 6) is -0.311. The summed E-state index contributed by atoms with van der Waals surface area (Å²) >= 11 is 0. The van der Waals surface area contributed by atoms with Crippen LogP contribution in [0.4, 0.5) is 0 Å². The molecule has 0 N–H and O–H groups in total. The van der Waals surface area contributed by atoms with Gasteiger partial charge in [-0.1, -0.05) is 26.7 Å². The maximum absolute atomic E-state index is 12.4. The molecule has 0 spiro atoms. The third-order valence-corrected chi connectivity index (χ3v) is 5.35. The molecule has 0 aliphatic carbocycles. The van der Waals surface area contributed by atoms with Gasteiger partial charge >= 0.3 is 11.9 Å². The molecule has 7 heteroatoms. The Kier molecular flexibility index (Phi) is 7.65. The maximum atomic E-state index is 12.4. The van der Waals surface area contributed by atoms with Crippen molar-refractivity contribution in [1.82, 2.24) is 0 Å². The summed E-state index contributed by atoms with van der Waals surface area (Å²) in [7, 11) is 3.01. The van der Waals surface area contributed by atoms with E-state index in [0.717, 1.165) is 12.8 Å². The van der Waals surface area contributed by atoms with E-state index < -0.39 is 6.10 Å². The van der Waals surface area contributed by atoms with Gasteiger partial charge in [0.05, 0.1) is 20.3 Å². The lowest BCUT2D eigenvalue weighted by atomic mass is 9.83. The quantitative estimate of drug-likeness (QED) is 0.581. The number of methoxy groups -OCH3 is 2. The van der Waals surface area contributed by atoms with E-state index in [0.29, 0.717) is 19.6 Å². The number of ether oxygens (including phenoxy) is 5. The normalized spacial score (nSPS) is 30.6. The van der Waals surface area contributed by atoms with Crippen molar-refractivity contribution >= 4 is 11.9 Å². The van der Waals surface area contributed by atoms with Crippen LogP contribution in [0.15, 0.2) is 0 Å². The Hall–Kier alpha value is -1.18. The van der Waals surface area contributed by atoms with Gasteiger partial charge in [-0.3, -0.25) is 9.59 Å². The van der Waals surface area contributed by atoms with Gasteiger partial charge in [-0.2, -0.15) is 0 Å². The topological polar surface area (TPSA) is 80.3 Å². The van der Waals surface area contributed by atoms with E-state index in [1.165, 1.54) is 7.11 Å². The molecule has 0 aromatic rings. The van der Waals surface area contributed by atoms with E-state index in [1.54, 1.807) is 7.11 Å². The second kappa shape index (κ2) is 9.50. The number of hydrogen-bond donors (Lipinski definition) is 0. The Balaban J connectivity index is 1.86. The van der Waals surface area contributed by atoms with E-state index in [9.17, 15) is 9.59 Å². The smallest absolute Gasteiger partial charge is 0.306 e. The molecule has 25 heavy (non-hydrogen) atoms. The molecule has 2 heterocycles. The van der Waals surface area contributed by atoms with Crippen LogP contribution in [0, 0.1) is 11.8 Å². The van der Waals surface area contributed by atoms with E-state index >= 15 is 0 Å². The molecule has 2 saturated heterocycles. The maximum Gasteiger partial charge on any atom is 0.306 e. The number of carbonyl (C=O) groups excluding carboxylic acids is 2. The Labute approximate surface area is 149 Å². The zero-order valence-electron chi connectivity index (χ0n) is 15.6. The SMILES string of the molecule is CCC(CC(=O)OC)C(CC)CC(=O)OC1CO[C@@H]2C(OC)CO[C@H]12. The third-order valence-electron chi connectivity index (χ3n) is 5.35. The minimum absolute atomic E-state index is 0.0888. The summed E-state index contributed by atoms with van der Waals surface area (Å²) < 4.78 is 27.0. The largest absolute Gasteiger partial charge is 0.469 e. The Morgan fingerprint density at radius 1 is 0.920 bits per heavy atom. The van der Waals surface area contributed by atoms with Crippen molar-refractivity contribution in [3.05, 3.63) is 0 Å². The third kappa shape index (κ3) is 4.92. The number of esters is 2. The summed E-state index contributed by atoms with van der Waals surface area (Å²) in [6.07, 6.45) is 1.30. The summed E-state index contributed by atoms with van der Waals surface area (Å²) in [4.78, 5) is 24.0. The van der Waals surface area contributed by atoms with Gasteiger partial charge in [-0.25, -0.2) is 0 Å². The van der Waals surface area contributed by atoms with Crippen LogP contribution in [0.3, 0.4) is 0 Å². The fourth-order valence-electron chi connectivity index (χ4n) is 3.75. The first-order chi connectivity index (χ1) is 12.0. The molecule has 2 rings (SSSR count). The Morgan fingerprint density at radius 2 is 1.44 bits per heavy atom. The molecule has 0 radical (unpaired) electrons. The van der Waals surface area contributed by atoms with Crippen LogP contribution in [0.5, 0.6) is 0 Å². The van der Waals surface area contributed by atoms with Gasteiger partial charge in [0.15, 0.2) is 6.10 Å².